The van der Waals surface area contributed by atoms with Gasteiger partial charge in [0.1, 0.15) is 11.3 Å². The maximum atomic E-state index is 11.9. The van der Waals surface area contributed by atoms with Crippen LogP contribution in [0.1, 0.15) is 21.6 Å². The highest BCUT2D eigenvalue weighted by Crippen LogP contribution is 2.27. The monoisotopic (exact) mass is 343 g/mol. The number of aryl methyl sites for hydroxylation is 3. The first-order chi connectivity index (χ1) is 11.9. The van der Waals surface area contributed by atoms with E-state index in [9.17, 15) is 14.7 Å². The summed E-state index contributed by atoms with van der Waals surface area (Å²) in [6.07, 6.45) is 0.612. The van der Waals surface area contributed by atoms with Crippen molar-refractivity contribution in [2.75, 3.05) is 7.11 Å². The average molecular weight is 343 g/mol. The van der Waals surface area contributed by atoms with Crippen LogP contribution in [0.5, 0.6) is 11.5 Å². The number of aromatic hydroxyl groups is 1. The lowest BCUT2D eigenvalue weighted by molar-refractivity contribution is 0.0692. The molecule has 0 saturated heterocycles. The van der Waals surface area contributed by atoms with E-state index in [-0.39, 0.29) is 5.52 Å². The number of carbonyl (C=O) groups is 1. The number of pyridine rings is 1. The highest BCUT2D eigenvalue weighted by atomic mass is 16.5. The number of aromatic amines is 1. The second-order valence-corrected chi connectivity index (χ2v) is 5.61. The summed E-state index contributed by atoms with van der Waals surface area (Å²) in [5.74, 6) is -1.30. The molecule has 0 aliphatic rings. The molecule has 0 spiro atoms. The third-order valence-corrected chi connectivity index (χ3v) is 4.04. The summed E-state index contributed by atoms with van der Waals surface area (Å²) in [5, 5.41) is 23.7. The Labute approximate surface area is 142 Å². The molecule has 25 heavy (non-hydrogen) atoms. The topological polar surface area (TPSA) is 117 Å². The number of methoxy groups -OCH3 is 1. The van der Waals surface area contributed by atoms with E-state index in [0.717, 1.165) is 11.3 Å². The number of nitrogens with zero attached hydrogens (tertiary/aromatic N) is 2. The van der Waals surface area contributed by atoms with E-state index < -0.39 is 22.8 Å². The Morgan fingerprint density at radius 2 is 2.00 bits per heavy atom. The molecule has 0 aliphatic heterocycles. The molecule has 2 heterocycles. The number of H-pyrrole nitrogens is 1. The molecule has 0 aliphatic carbocycles. The number of ether oxygens (including phenoxy) is 1. The molecule has 3 rings (SSSR count). The van der Waals surface area contributed by atoms with Gasteiger partial charge in [-0.05, 0) is 31.0 Å². The van der Waals surface area contributed by atoms with E-state index >= 15 is 0 Å². The molecule has 130 valence electrons. The van der Waals surface area contributed by atoms with Gasteiger partial charge in [-0.3, -0.25) is 9.48 Å². The molecule has 2 aromatic heterocycles. The molecule has 3 N–H and O–H groups in total. The number of hydrogen-bond donors (Lipinski definition) is 3. The summed E-state index contributed by atoms with van der Waals surface area (Å²) < 4.78 is 6.62. The van der Waals surface area contributed by atoms with Gasteiger partial charge in [0.25, 0.3) is 5.56 Å². The van der Waals surface area contributed by atoms with Crippen molar-refractivity contribution >= 4 is 17.0 Å². The first-order valence-electron chi connectivity index (χ1n) is 7.61. The van der Waals surface area contributed by atoms with Crippen molar-refractivity contribution in [3.8, 4) is 11.5 Å². The van der Waals surface area contributed by atoms with Gasteiger partial charge in [0, 0.05) is 6.54 Å². The number of aromatic carboxylic acids is 1. The zero-order valence-electron chi connectivity index (χ0n) is 13.7. The Balaban J connectivity index is 1.99. The van der Waals surface area contributed by atoms with Crippen molar-refractivity contribution in [1.29, 1.82) is 0 Å². The zero-order valence-corrected chi connectivity index (χ0v) is 13.7. The van der Waals surface area contributed by atoms with Gasteiger partial charge in [0.05, 0.1) is 18.3 Å². The van der Waals surface area contributed by atoms with Gasteiger partial charge >= 0.3 is 5.97 Å². The molecule has 0 bridgehead atoms. The summed E-state index contributed by atoms with van der Waals surface area (Å²) in [7, 11) is 1.59. The molecule has 8 heteroatoms. The summed E-state index contributed by atoms with van der Waals surface area (Å²) >= 11 is 0. The molecule has 3 aromatic rings. The van der Waals surface area contributed by atoms with Crippen molar-refractivity contribution in [1.82, 2.24) is 14.8 Å². The van der Waals surface area contributed by atoms with Crippen molar-refractivity contribution in [2.24, 2.45) is 0 Å². The second kappa shape index (κ2) is 6.31. The standard InChI is InChI=1S/C17H17N3O5/c1-9-13-14(15(21)12(17(23)24)16(22)18-13)20(19-9)8-7-10-3-5-11(25-2)6-4-10/h3-6H,7-8H2,1-2H3,(H,23,24)(H2,18,21,22). The average Bonchev–Trinajstić information content (AvgIpc) is 2.89. The van der Waals surface area contributed by atoms with E-state index in [1.54, 1.807) is 14.0 Å². The molecule has 0 amide bonds. The fourth-order valence-electron chi connectivity index (χ4n) is 2.76. The van der Waals surface area contributed by atoms with Crippen LogP contribution in [-0.4, -0.2) is 38.1 Å². The predicted octanol–water partition coefficient (Wildman–Crippen LogP) is 1.69. The number of hydrogen-bond acceptors (Lipinski definition) is 5. The van der Waals surface area contributed by atoms with Crippen LogP contribution in [0.2, 0.25) is 0 Å². The molecule has 1 aromatic carbocycles. The van der Waals surface area contributed by atoms with Gasteiger partial charge in [0.15, 0.2) is 11.3 Å². The lowest BCUT2D eigenvalue weighted by Crippen LogP contribution is -2.18. The number of carboxylic acids is 1. The smallest absolute Gasteiger partial charge is 0.345 e. The van der Waals surface area contributed by atoms with Crippen LogP contribution in [-0.2, 0) is 13.0 Å². The van der Waals surface area contributed by atoms with Gasteiger partial charge in [-0.2, -0.15) is 5.10 Å². The van der Waals surface area contributed by atoms with E-state index in [4.69, 9.17) is 9.84 Å². The zero-order chi connectivity index (χ0) is 18.1. The SMILES string of the molecule is COc1ccc(CCn2nc(C)c3[nH]c(=O)c(C(=O)O)c(O)c32)cc1. The Morgan fingerprint density at radius 1 is 1.32 bits per heavy atom. The number of rotatable bonds is 5. The Bertz CT molecular complexity index is 1000. The van der Waals surface area contributed by atoms with Crippen LogP contribution in [0.25, 0.3) is 11.0 Å². The molecule has 0 unspecified atom stereocenters. The summed E-state index contributed by atoms with van der Waals surface area (Å²) in [5.41, 5.74) is 0.553. The van der Waals surface area contributed by atoms with Crippen molar-refractivity contribution in [3.63, 3.8) is 0 Å². The number of aromatic nitrogens is 3. The van der Waals surface area contributed by atoms with E-state index in [2.05, 4.69) is 10.1 Å². The first kappa shape index (κ1) is 16.6. The Morgan fingerprint density at radius 3 is 2.60 bits per heavy atom. The van der Waals surface area contributed by atoms with E-state index in [1.165, 1.54) is 4.68 Å². The van der Waals surface area contributed by atoms with E-state index in [0.29, 0.717) is 24.2 Å². The summed E-state index contributed by atoms with van der Waals surface area (Å²) in [6.45, 7) is 2.09. The number of nitrogens with one attached hydrogen (secondary N) is 1. The first-order valence-corrected chi connectivity index (χ1v) is 7.61. The third-order valence-electron chi connectivity index (χ3n) is 4.04. The molecular formula is C17H17N3O5. The maximum Gasteiger partial charge on any atom is 0.345 e. The minimum absolute atomic E-state index is 0.211. The molecule has 0 fully saturated rings. The van der Waals surface area contributed by atoms with Gasteiger partial charge in [-0.25, -0.2) is 4.79 Å². The minimum atomic E-state index is -1.48. The molecule has 0 radical (unpaired) electrons. The van der Waals surface area contributed by atoms with Crippen LogP contribution < -0.4 is 10.3 Å². The quantitative estimate of drug-likeness (QED) is 0.649. The summed E-state index contributed by atoms with van der Waals surface area (Å²) in [6, 6.07) is 7.53. The highest BCUT2D eigenvalue weighted by molar-refractivity contribution is 5.97. The number of benzene rings is 1. The molecular weight excluding hydrogens is 326 g/mol. The normalized spacial score (nSPS) is 11.0. The predicted molar refractivity (Wildman–Crippen MR) is 90.4 cm³/mol. The van der Waals surface area contributed by atoms with Crippen LogP contribution >= 0.6 is 0 Å². The fourth-order valence-corrected chi connectivity index (χ4v) is 2.76. The minimum Gasteiger partial charge on any atom is -0.505 e. The number of carboxylic acid groups (broad SMARTS) is 1. The van der Waals surface area contributed by atoms with Crippen LogP contribution in [0, 0.1) is 6.92 Å². The highest BCUT2D eigenvalue weighted by Gasteiger charge is 2.22. The molecule has 0 saturated carbocycles. The van der Waals surface area contributed by atoms with Crippen LogP contribution in [0.4, 0.5) is 0 Å². The van der Waals surface area contributed by atoms with Crippen molar-refractivity contribution in [3.05, 3.63) is 51.4 Å². The van der Waals surface area contributed by atoms with Gasteiger partial charge in [-0.15, -0.1) is 0 Å². The third kappa shape index (κ3) is 2.93. The molecule has 0 atom stereocenters. The second-order valence-electron chi connectivity index (χ2n) is 5.61. The van der Waals surface area contributed by atoms with Crippen LogP contribution in [0.15, 0.2) is 29.1 Å². The van der Waals surface area contributed by atoms with Crippen LogP contribution in [0.3, 0.4) is 0 Å². The lowest BCUT2D eigenvalue weighted by atomic mass is 10.1. The van der Waals surface area contributed by atoms with E-state index in [1.807, 2.05) is 24.3 Å². The Hall–Kier alpha value is -3.29. The largest absolute Gasteiger partial charge is 0.505 e. The van der Waals surface area contributed by atoms with Gasteiger partial charge in [0.2, 0.25) is 0 Å². The lowest BCUT2D eigenvalue weighted by Gasteiger charge is -2.07. The summed E-state index contributed by atoms with van der Waals surface area (Å²) in [4.78, 5) is 25.6. The number of fused-ring (bicyclic) bond motifs is 1. The maximum absolute atomic E-state index is 11.9. The van der Waals surface area contributed by atoms with Crippen molar-refractivity contribution in [2.45, 2.75) is 19.9 Å². The van der Waals surface area contributed by atoms with Crippen molar-refractivity contribution < 1.29 is 19.7 Å². The fraction of sp³-hybridized carbons (Fsp3) is 0.235. The Kier molecular flexibility index (Phi) is 4.18. The van der Waals surface area contributed by atoms with Gasteiger partial charge < -0.3 is 19.9 Å². The molecule has 8 nitrogen and oxygen atoms in total. The van der Waals surface area contributed by atoms with Gasteiger partial charge in [-0.1, -0.05) is 12.1 Å².